The molecule has 0 aliphatic carbocycles. The molecule has 0 radical (unpaired) electrons. The van der Waals surface area contributed by atoms with Crippen molar-refractivity contribution in [2.24, 2.45) is 0 Å². The molecule has 0 fully saturated rings. The molecular formula is C19H23NO3. The first-order valence-electron chi connectivity index (χ1n) is 7.67. The Balaban J connectivity index is 2.07. The van der Waals surface area contributed by atoms with E-state index in [-0.39, 0.29) is 5.91 Å². The Morgan fingerprint density at radius 2 is 1.83 bits per heavy atom. The second-order valence-electron chi connectivity index (χ2n) is 5.42. The van der Waals surface area contributed by atoms with Crippen molar-refractivity contribution in [1.29, 1.82) is 0 Å². The molecule has 0 spiro atoms. The van der Waals surface area contributed by atoms with Crippen molar-refractivity contribution in [2.75, 3.05) is 20.8 Å². The monoisotopic (exact) mass is 313 g/mol. The summed E-state index contributed by atoms with van der Waals surface area (Å²) in [5.74, 6) is 1.54. The highest BCUT2D eigenvalue weighted by Crippen LogP contribution is 2.20. The molecule has 2 rings (SSSR count). The number of nitrogens with zero attached hydrogens (tertiary/aromatic N) is 1. The van der Waals surface area contributed by atoms with Gasteiger partial charge in [0.1, 0.15) is 11.5 Å². The predicted molar refractivity (Wildman–Crippen MR) is 91.1 cm³/mol. The van der Waals surface area contributed by atoms with E-state index < -0.39 is 0 Å². The molecule has 0 aliphatic rings. The summed E-state index contributed by atoms with van der Waals surface area (Å²) >= 11 is 0. The number of carbonyl (C=O) groups excluding carboxylic acids is 1. The van der Waals surface area contributed by atoms with Crippen molar-refractivity contribution in [3.63, 3.8) is 0 Å². The molecule has 2 aromatic rings. The zero-order chi connectivity index (χ0) is 16.8. The van der Waals surface area contributed by atoms with Crippen LogP contribution in [0.15, 0.2) is 42.5 Å². The van der Waals surface area contributed by atoms with Crippen molar-refractivity contribution in [1.82, 2.24) is 4.90 Å². The van der Waals surface area contributed by atoms with Crippen LogP contribution >= 0.6 is 0 Å². The van der Waals surface area contributed by atoms with Crippen molar-refractivity contribution < 1.29 is 14.3 Å². The summed E-state index contributed by atoms with van der Waals surface area (Å²) in [5.41, 5.74) is 2.70. The van der Waals surface area contributed by atoms with Gasteiger partial charge >= 0.3 is 0 Å². The predicted octanol–water partition coefficient (Wildman–Crippen LogP) is 3.67. The summed E-state index contributed by atoms with van der Waals surface area (Å²) in [6.07, 6.45) is 0. The van der Waals surface area contributed by atoms with E-state index in [2.05, 4.69) is 0 Å². The lowest BCUT2D eigenvalue weighted by atomic mass is 10.1. The Bertz CT molecular complexity index is 665. The number of hydrogen-bond acceptors (Lipinski definition) is 3. The maximum Gasteiger partial charge on any atom is 0.254 e. The van der Waals surface area contributed by atoms with E-state index in [1.165, 1.54) is 0 Å². The van der Waals surface area contributed by atoms with Crippen LogP contribution in [0, 0.1) is 6.92 Å². The number of benzene rings is 2. The van der Waals surface area contributed by atoms with E-state index in [1.807, 2.05) is 50.2 Å². The van der Waals surface area contributed by atoms with Crippen LogP contribution in [0.5, 0.6) is 11.5 Å². The Morgan fingerprint density at radius 1 is 1.13 bits per heavy atom. The molecule has 0 saturated heterocycles. The SMILES string of the molecule is CCOc1ccc(CN(C)C(=O)c2ccc(C)c(OC)c2)cc1. The van der Waals surface area contributed by atoms with Crippen LogP contribution in [-0.4, -0.2) is 31.6 Å². The Labute approximate surface area is 137 Å². The van der Waals surface area contributed by atoms with Gasteiger partial charge in [0.25, 0.3) is 5.91 Å². The van der Waals surface area contributed by atoms with Gasteiger partial charge in [-0.3, -0.25) is 4.79 Å². The van der Waals surface area contributed by atoms with Crippen LogP contribution in [0.25, 0.3) is 0 Å². The van der Waals surface area contributed by atoms with Gasteiger partial charge in [-0.05, 0) is 49.2 Å². The summed E-state index contributed by atoms with van der Waals surface area (Å²) in [4.78, 5) is 14.2. The van der Waals surface area contributed by atoms with E-state index in [0.29, 0.717) is 18.7 Å². The van der Waals surface area contributed by atoms with E-state index in [1.54, 1.807) is 25.1 Å². The number of methoxy groups -OCH3 is 1. The lowest BCUT2D eigenvalue weighted by Crippen LogP contribution is -2.26. The maximum absolute atomic E-state index is 12.5. The second kappa shape index (κ2) is 7.68. The molecule has 0 atom stereocenters. The molecular weight excluding hydrogens is 290 g/mol. The molecule has 0 aliphatic heterocycles. The van der Waals surface area contributed by atoms with Crippen LogP contribution < -0.4 is 9.47 Å². The first kappa shape index (κ1) is 16.9. The molecule has 23 heavy (non-hydrogen) atoms. The van der Waals surface area contributed by atoms with Crippen molar-refractivity contribution in [3.05, 3.63) is 59.2 Å². The average molecular weight is 313 g/mol. The van der Waals surface area contributed by atoms with Gasteiger partial charge in [-0.15, -0.1) is 0 Å². The quantitative estimate of drug-likeness (QED) is 0.816. The van der Waals surface area contributed by atoms with Gasteiger partial charge in [0, 0.05) is 19.2 Å². The van der Waals surface area contributed by atoms with Crippen molar-refractivity contribution >= 4 is 5.91 Å². The Hall–Kier alpha value is -2.49. The summed E-state index contributed by atoms with van der Waals surface area (Å²) in [6.45, 7) is 5.10. The molecule has 1 amide bonds. The molecule has 2 aromatic carbocycles. The minimum atomic E-state index is -0.0304. The van der Waals surface area contributed by atoms with Crippen molar-refractivity contribution in [3.8, 4) is 11.5 Å². The van der Waals surface area contributed by atoms with Crippen LogP contribution in [0.1, 0.15) is 28.4 Å². The van der Waals surface area contributed by atoms with E-state index >= 15 is 0 Å². The number of rotatable bonds is 6. The molecule has 0 bridgehead atoms. The van der Waals surface area contributed by atoms with Gasteiger partial charge in [0.15, 0.2) is 0 Å². The van der Waals surface area contributed by atoms with Gasteiger partial charge in [-0.1, -0.05) is 18.2 Å². The molecule has 0 N–H and O–H groups in total. The summed E-state index contributed by atoms with van der Waals surface area (Å²) in [5, 5.41) is 0. The highest BCUT2D eigenvalue weighted by Gasteiger charge is 2.13. The number of aryl methyl sites for hydroxylation is 1. The van der Waals surface area contributed by atoms with Crippen LogP contribution in [0.3, 0.4) is 0 Å². The summed E-state index contributed by atoms with van der Waals surface area (Å²) in [7, 11) is 3.41. The number of hydrogen-bond donors (Lipinski definition) is 0. The molecule has 0 unspecified atom stereocenters. The van der Waals surface area contributed by atoms with Gasteiger partial charge in [0.2, 0.25) is 0 Å². The molecule has 0 saturated carbocycles. The fourth-order valence-corrected chi connectivity index (χ4v) is 2.38. The lowest BCUT2D eigenvalue weighted by Gasteiger charge is -2.18. The lowest BCUT2D eigenvalue weighted by molar-refractivity contribution is 0.0784. The van der Waals surface area contributed by atoms with Gasteiger partial charge in [0.05, 0.1) is 13.7 Å². The molecule has 122 valence electrons. The third kappa shape index (κ3) is 4.25. The fourth-order valence-electron chi connectivity index (χ4n) is 2.38. The third-order valence-corrected chi connectivity index (χ3v) is 3.66. The average Bonchev–Trinajstić information content (AvgIpc) is 2.56. The van der Waals surface area contributed by atoms with Crippen LogP contribution in [0.2, 0.25) is 0 Å². The zero-order valence-electron chi connectivity index (χ0n) is 14.1. The van der Waals surface area contributed by atoms with Crippen LogP contribution in [0.4, 0.5) is 0 Å². The maximum atomic E-state index is 12.5. The minimum absolute atomic E-state index is 0.0304. The molecule has 0 aromatic heterocycles. The Morgan fingerprint density at radius 3 is 2.43 bits per heavy atom. The van der Waals surface area contributed by atoms with E-state index in [9.17, 15) is 4.79 Å². The highest BCUT2D eigenvalue weighted by molar-refractivity contribution is 5.94. The van der Waals surface area contributed by atoms with Gasteiger partial charge < -0.3 is 14.4 Å². The van der Waals surface area contributed by atoms with Gasteiger partial charge in [-0.2, -0.15) is 0 Å². The summed E-state index contributed by atoms with van der Waals surface area (Å²) in [6, 6.07) is 13.3. The van der Waals surface area contributed by atoms with E-state index in [4.69, 9.17) is 9.47 Å². The molecule has 0 heterocycles. The number of amides is 1. The second-order valence-corrected chi connectivity index (χ2v) is 5.42. The first-order chi connectivity index (χ1) is 11.0. The van der Waals surface area contributed by atoms with Crippen LogP contribution in [-0.2, 0) is 6.54 Å². The molecule has 4 heteroatoms. The summed E-state index contributed by atoms with van der Waals surface area (Å²) < 4.78 is 10.7. The number of ether oxygens (including phenoxy) is 2. The minimum Gasteiger partial charge on any atom is -0.496 e. The van der Waals surface area contributed by atoms with Crippen molar-refractivity contribution in [2.45, 2.75) is 20.4 Å². The normalized spacial score (nSPS) is 10.3. The largest absolute Gasteiger partial charge is 0.496 e. The standard InChI is InChI=1S/C19H23NO3/c1-5-23-17-10-7-15(8-11-17)13-20(3)19(21)16-9-6-14(2)18(12-16)22-4/h6-12H,5,13H2,1-4H3. The topological polar surface area (TPSA) is 38.8 Å². The zero-order valence-corrected chi connectivity index (χ0v) is 14.1. The van der Waals surface area contributed by atoms with Gasteiger partial charge in [-0.25, -0.2) is 0 Å². The third-order valence-electron chi connectivity index (χ3n) is 3.66. The van der Waals surface area contributed by atoms with E-state index in [0.717, 1.165) is 22.6 Å². The smallest absolute Gasteiger partial charge is 0.254 e. The fraction of sp³-hybridized carbons (Fsp3) is 0.316. The molecule has 4 nitrogen and oxygen atoms in total. The first-order valence-corrected chi connectivity index (χ1v) is 7.67. The Kier molecular flexibility index (Phi) is 5.63. The highest BCUT2D eigenvalue weighted by atomic mass is 16.5. The number of carbonyl (C=O) groups is 1.